The molecule has 20 heavy (non-hydrogen) atoms. The molecule has 0 amide bonds. The molecule has 1 aromatic carbocycles. The summed E-state index contributed by atoms with van der Waals surface area (Å²) in [6.45, 7) is 3.70. The summed E-state index contributed by atoms with van der Waals surface area (Å²) >= 11 is 14.5. The van der Waals surface area contributed by atoms with E-state index < -0.39 is 0 Å². The van der Waals surface area contributed by atoms with Crippen LogP contribution in [0.25, 0.3) is 0 Å². The van der Waals surface area contributed by atoms with E-state index in [0.29, 0.717) is 16.3 Å². The van der Waals surface area contributed by atoms with Crippen LogP contribution in [0.15, 0.2) is 22.7 Å². The molecule has 0 saturated carbocycles. The van der Waals surface area contributed by atoms with E-state index in [4.69, 9.17) is 34.3 Å². The highest BCUT2D eigenvalue weighted by Crippen LogP contribution is 2.33. The van der Waals surface area contributed by atoms with Crippen LogP contribution in [0.4, 0.5) is 0 Å². The SMILES string of the molecule is Cc1nnc(Oc2ccc(Br)cc2Cl)c(C(N)=S)c1C. The Kier molecular flexibility index (Phi) is 4.57. The number of nitrogens with two attached hydrogens (primary N) is 1. The van der Waals surface area contributed by atoms with Crippen LogP contribution in [0, 0.1) is 13.8 Å². The minimum atomic E-state index is 0.212. The molecule has 0 atom stereocenters. The number of benzene rings is 1. The molecule has 0 unspecified atom stereocenters. The van der Waals surface area contributed by atoms with E-state index in [2.05, 4.69) is 26.1 Å². The first-order chi connectivity index (χ1) is 9.40. The highest BCUT2D eigenvalue weighted by Gasteiger charge is 2.16. The second kappa shape index (κ2) is 6.03. The van der Waals surface area contributed by atoms with E-state index in [-0.39, 0.29) is 10.9 Å². The third kappa shape index (κ3) is 3.08. The first kappa shape index (κ1) is 15.2. The molecule has 0 radical (unpaired) electrons. The fourth-order valence-electron chi connectivity index (χ4n) is 1.61. The van der Waals surface area contributed by atoms with Crippen molar-refractivity contribution in [2.45, 2.75) is 13.8 Å². The average molecular weight is 373 g/mol. The third-order valence-corrected chi connectivity index (χ3v) is 3.76. The second-order valence-corrected chi connectivity index (χ2v) is 5.89. The molecule has 1 aromatic heterocycles. The Hall–Kier alpha value is -1.24. The predicted octanol–water partition coefficient (Wildman–Crippen LogP) is 3.94. The molecule has 0 saturated heterocycles. The van der Waals surface area contributed by atoms with Crippen molar-refractivity contribution in [3.63, 3.8) is 0 Å². The van der Waals surface area contributed by atoms with E-state index in [1.807, 2.05) is 19.9 Å². The highest BCUT2D eigenvalue weighted by atomic mass is 79.9. The molecular weight excluding hydrogens is 362 g/mol. The summed E-state index contributed by atoms with van der Waals surface area (Å²) in [4.78, 5) is 0.212. The van der Waals surface area contributed by atoms with Gasteiger partial charge in [-0.2, -0.15) is 5.10 Å². The van der Waals surface area contributed by atoms with E-state index in [0.717, 1.165) is 15.7 Å². The summed E-state index contributed by atoms with van der Waals surface area (Å²) in [6.07, 6.45) is 0. The quantitative estimate of drug-likeness (QED) is 0.827. The van der Waals surface area contributed by atoms with Crippen LogP contribution in [-0.4, -0.2) is 15.2 Å². The maximum atomic E-state index is 6.12. The van der Waals surface area contributed by atoms with Gasteiger partial charge < -0.3 is 10.5 Å². The van der Waals surface area contributed by atoms with Crippen LogP contribution < -0.4 is 10.5 Å². The van der Waals surface area contributed by atoms with Crippen LogP contribution >= 0.6 is 39.7 Å². The van der Waals surface area contributed by atoms with Gasteiger partial charge in [0.05, 0.1) is 16.3 Å². The summed E-state index contributed by atoms with van der Waals surface area (Å²) < 4.78 is 6.56. The van der Waals surface area contributed by atoms with Gasteiger partial charge in [-0.3, -0.25) is 0 Å². The summed E-state index contributed by atoms with van der Waals surface area (Å²) in [5, 5.41) is 8.48. The van der Waals surface area contributed by atoms with Crippen molar-refractivity contribution < 1.29 is 4.74 Å². The number of thiocarbonyl (C=S) groups is 1. The van der Waals surface area contributed by atoms with Crippen LogP contribution in [0.3, 0.4) is 0 Å². The summed E-state index contributed by atoms with van der Waals surface area (Å²) in [5.74, 6) is 0.717. The van der Waals surface area contributed by atoms with Crippen molar-refractivity contribution in [2.24, 2.45) is 5.73 Å². The zero-order valence-electron chi connectivity index (χ0n) is 10.8. The standard InChI is InChI=1S/C13H11BrClN3OS/c1-6-7(2)17-18-13(11(6)12(16)20)19-10-4-3-8(14)5-9(10)15/h3-5H,1-2H3,(H2,16,20). The number of halogens is 2. The zero-order chi connectivity index (χ0) is 14.9. The van der Waals surface area contributed by atoms with Crippen molar-refractivity contribution in [3.05, 3.63) is 44.5 Å². The molecule has 2 aromatic rings. The van der Waals surface area contributed by atoms with Gasteiger partial charge >= 0.3 is 0 Å². The Labute approximate surface area is 135 Å². The largest absolute Gasteiger partial charge is 0.435 e. The van der Waals surface area contributed by atoms with Crippen LogP contribution in [-0.2, 0) is 0 Å². The fourth-order valence-corrected chi connectivity index (χ4v) is 2.56. The first-order valence-electron chi connectivity index (χ1n) is 5.66. The van der Waals surface area contributed by atoms with Gasteiger partial charge in [-0.15, -0.1) is 5.10 Å². The van der Waals surface area contributed by atoms with Crippen LogP contribution in [0.5, 0.6) is 11.6 Å². The molecule has 1 heterocycles. The number of aryl methyl sites for hydroxylation is 1. The predicted molar refractivity (Wildman–Crippen MR) is 86.6 cm³/mol. The normalized spacial score (nSPS) is 10.4. The number of aromatic nitrogens is 2. The van der Waals surface area contributed by atoms with Gasteiger partial charge in [0.2, 0.25) is 5.88 Å². The van der Waals surface area contributed by atoms with Crippen molar-refractivity contribution in [1.29, 1.82) is 0 Å². The molecular formula is C13H11BrClN3OS. The van der Waals surface area contributed by atoms with Gasteiger partial charge in [-0.25, -0.2) is 0 Å². The van der Waals surface area contributed by atoms with Gasteiger partial charge in [0.15, 0.2) is 0 Å². The minimum Gasteiger partial charge on any atom is -0.435 e. The second-order valence-electron chi connectivity index (χ2n) is 4.13. The van der Waals surface area contributed by atoms with Gasteiger partial charge in [-0.05, 0) is 37.6 Å². The lowest BCUT2D eigenvalue weighted by Gasteiger charge is -2.13. The topological polar surface area (TPSA) is 61.0 Å². The smallest absolute Gasteiger partial charge is 0.249 e. The van der Waals surface area contributed by atoms with E-state index in [9.17, 15) is 0 Å². The molecule has 0 spiro atoms. The van der Waals surface area contributed by atoms with Gasteiger partial charge in [0, 0.05) is 4.47 Å². The lowest BCUT2D eigenvalue weighted by atomic mass is 10.1. The Morgan fingerprint density at radius 2 is 2.05 bits per heavy atom. The fraction of sp³-hybridized carbons (Fsp3) is 0.154. The molecule has 104 valence electrons. The van der Waals surface area contributed by atoms with E-state index >= 15 is 0 Å². The maximum Gasteiger partial charge on any atom is 0.249 e. The van der Waals surface area contributed by atoms with Crippen molar-refractivity contribution in [1.82, 2.24) is 10.2 Å². The molecule has 4 nitrogen and oxygen atoms in total. The van der Waals surface area contributed by atoms with E-state index in [1.165, 1.54) is 0 Å². The zero-order valence-corrected chi connectivity index (χ0v) is 13.9. The Morgan fingerprint density at radius 1 is 1.35 bits per heavy atom. The van der Waals surface area contributed by atoms with Crippen LogP contribution in [0.1, 0.15) is 16.8 Å². The van der Waals surface area contributed by atoms with E-state index in [1.54, 1.807) is 12.1 Å². The van der Waals surface area contributed by atoms with Crippen LogP contribution in [0.2, 0.25) is 5.02 Å². The number of hydrogen-bond acceptors (Lipinski definition) is 4. The van der Waals surface area contributed by atoms with Crippen molar-refractivity contribution in [2.75, 3.05) is 0 Å². The molecule has 2 N–H and O–H groups in total. The Balaban J connectivity index is 2.48. The number of hydrogen-bond donors (Lipinski definition) is 1. The number of ether oxygens (including phenoxy) is 1. The number of nitrogens with zero attached hydrogens (tertiary/aromatic N) is 2. The third-order valence-electron chi connectivity index (χ3n) is 2.77. The van der Waals surface area contributed by atoms with Gasteiger partial charge in [-0.1, -0.05) is 39.7 Å². The molecule has 0 aliphatic carbocycles. The highest BCUT2D eigenvalue weighted by molar-refractivity contribution is 9.10. The molecule has 2 rings (SSSR count). The molecule has 0 aliphatic rings. The van der Waals surface area contributed by atoms with Gasteiger partial charge in [0.25, 0.3) is 0 Å². The lowest BCUT2D eigenvalue weighted by Crippen LogP contribution is -2.15. The van der Waals surface area contributed by atoms with Crippen molar-refractivity contribution in [3.8, 4) is 11.6 Å². The molecule has 0 fully saturated rings. The lowest BCUT2D eigenvalue weighted by molar-refractivity contribution is 0.452. The summed E-state index contributed by atoms with van der Waals surface area (Å²) in [6, 6.07) is 5.27. The maximum absolute atomic E-state index is 6.12. The Morgan fingerprint density at radius 3 is 2.65 bits per heavy atom. The molecule has 0 aliphatic heterocycles. The van der Waals surface area contributed by atoms with Gasteiger partial charge in [0.1, 0.15) is 10.7 Å². The molecule has 0 bridgehead atoms. The summed E-state index contributed by atoms with van der Waals surface area (Å²) in [5.41, 5.74) is 7.91. The Bertz CT molecular complexity index is 694. The van der Waals surface area contributed by atoms with Crippen molar-refractivity contribution >= 4 is 44.7 Å². The summed E-state index contributed by atoms with van der Waals surface area (Å²) in [7, 11) is 0. The molecule has 7 heteroatoms. The first-order valence-corrected chi connectivity index (χ1v) is 7.24. The number of rotatable bonds is 3. The monoisotopic (exact) mass is 371 g/mol. The minimum absolute atomic E-state index is 0.212. The average Bonchev–Trinajstić information content (AvgIpc) is 2.36.